The number of benzene rings is 3. The van der Waals surface area contributed by atoms with E-state index in [2.05, 4.69) is 15.6 Å². The number of carbonyl (C=O) groups is 2. The third-order valence-corrected chi connectivity index (χ3v) is 6.21. The van der Waals surface area contributed by atoms with Crippen molar-refractivity contribution in [3.05, 3.63) is 107 Å². The summed E-state index contributed by atoms with van der Waals surface area (Å²) in [6, 6.07) is 17.1. The summed E-state index contributed by atoms with van der Waals surface area (Å²) in [7, 11) is 0. The lowest BCUT2D eigenvalue weighted by molar-refractivity contribution is -0.138. The summed E-state index contributed by atoms with van der Waals surface area (Å²) in [4.78, 5) is 27.0. The van der Waals surface area contributed by atoms with E-state index in [4.69, 9.17) is 16.7 Å². The molecule has 0 unspecified atom stereocenters. The lowest BCUT2D eigenvalue weighted by Gasteiger charge is -2.14. The molecule has 0 aliphatic rings. The number of nitrogens with zero attached hydrogens (tertiary/aromatic N) is 1. The largest absolute Gasteiger partial charge is 0.481 e. The van der Waals surface area contributed by atoms with E-state index in [1.54, 1.807) is 30.3 Å². The van der Waals surface area contributed by atoms with Crippen molar-refractivity contribution in [3.63, 3.8) is 0 Å². The van der Waals surface area contributed by atoms with Gasteiger partial charge >= 0.3 is 12.1 Å². The van der Waals surface area contributed by atoms with E-state index in [1.165, 1.54) is 36.5 Å². The second-order valence-electron chi connectivity index (χ2n) is 8.76. The van der Waals surface area contributed by atoms with E-state index in [-0.39, 0.29) is 30.8 Å². The van der Waals surface area contributed by atoms with Crippen LogP contribution in [0.25, 0.3) is 22.3 Å². The molecule has 4 rings (SSSR count). The first-order valence-electron chi connectivity index (χ1n) is 12.0. The number of amides is 1. The molecule has 0 radical (unpaired) electrons. The second kappa shape index (κ2) is 12.2. The molecular weight excluding hydrogens is 550 g/mol. The van der Waals surface area contributed by atoms with Crippen molar-refractivity contribution in [1.29, 1.82) is 0 Å². The lowest BCUT2D eigenvalue weighted by atomic mass is 10.0. The highest BCUT2D eigenvalue weighted by molar-refractivity contribution is 6.30. The van der Waals surface area contributed by atoms with Crippen molar-refractivity contribution >= 4 is 29.2 Å². The van der Waals surface area contributed by atoms with Crippen LogP contribution in [0.1, 0.15) is 28.0 Å². The Morgan fingerprint density at radius 2 is 1.62 bits per heavy atom. The van der Waals surface area contributed by atoms with Crippen LogP contribution in [0.5, 0.6) is 0 Å². The molecule has 1 heterocycles. The molecule has 0 aliphatic heterocycles. The Morgan fingerprint density at radius 1 is 0.900 bits per heavy atom. The zero-order valence-electron chi connectivity index (χ0n) is 20.7. The highest BCUT2D eigenvalue weighted by atomic mass is 35.5. The maximum atomic E-state index is 14.9. The smallest absolute Gasteiger partial charge is 0.416 e. The number of hydrogen-bond donors (Lipinski definition) is 3. The number of nitrogens with one attached hydrogen (secondary N) is 2. The minimum Gasteiger partial charge on any atom is -0.481 e. The van der Waals surface area contributed by atoms with Crippen molar-refractivity contribution in [1.82, 2.24) is 10.3 Å². The van der Waals surface area contributed by atoms with Gasteiger partial charge in [0.2, 0.25) is 0 Å². The zero-order chi connectivity index (χ0) is 28.9. The molecular formula is C29H22ClF4N3O3. The molecule has 1 aromatic heterocycles. The summed E-state index contributed by atoms with van der Waals surface area (Å²) in [5, 5.41) is 14.8. The van der Waals surface area contributed by atoms with Crippen LogP contribution in [0.15, 0.2) is 79.0 Å². The van der Waals surface area contributed by atoms with Crippen LogP contribution in [0.3, 0.4) is 0 Å². The van der Waals surface area contributed by atoms with Gasteiger partial charge in [0.05, 0.1) is 12.0 Å². The maximum absolute atomic E-state index is 14.9. The molecule has 0 aliphatic carbocycles. The average molecular weight is 572 g/mol. The van der Waals surface area contributed by atoms with E-state index < -0.39 is 29.4 Å². The van der Waals surface area contributed by atoms with E-state index >= 15 is 0 Å². The van der Waals surface area contributed by atoms with Gasteiger partial charge in [0.1, 0.15) is 11.5 Å². The monoisotopic (exact) mass is 571 g/mol. The highest BCUT2D eigenvalue weighted by Gasteiger charge is 2.30. The molecule has 0 bridgehead atoms. The van der Waals surface area contributed by atoms with Gasteiger partial charge in [-0.2, -0.15) is 13.2 Å². The molecule has 0 spiro atoms. The summed E-state index contributed by atoms with van der Waals surface area (Å²) >= 11 is 6.21. The SMILES string of the molecule is O=C(O)CCNC(=O)c1ccc(-c2cc(Cl)ccc2CNc2ccc(-c3ccc(C(F)(F)F)cc3)c(F)c2)cn1. The molecule has 206 valence electrons. The number of aliphatic carboxylic acids is 1. The Kier molecular flexibility index (Phi) is 8.69. The van der Waals surface area contributed by atoms with Crippen LogP contribution in [0, 0.1) is 5.82 Å². The van der Waals surface area contributed by atoms with Gasteiger partial charge in [-0.15, -0.1) is 0 Å². The third kappa shape index (κ3) is 7.15. The van der Waals surface area contributed by atoms with Gasteiger partial charge in [0, 0.05) is 41.1 Å². The van der Waals surface area contributed by atoms with Crippen LogP contribution in [0.4, 0.5) is 23.2 Å². The number of carbonyl (C=O) groups excluding carboxylic acids is 1. The standard InChI is InChI=1S/C29H22ClF4N3O3/c30-21-7-3-18(24(13-21)19-4-10-26(37-16-19)28(40)35-12-11-27(38)39)15-36-22-8-9-23(25(31)14-22)17-1-5-20(6-2-17)29(32,33)34/h1-10,13-14,16,36H,11-12,15H2,(H,35,40)(H,38,39). The number of halogens is 5. The topological polar surface area (TPSA) is 91.3 Å². The Labute approximate surface area is 231 Å². The first-order chi connectivity index (χ1) is 19.0. The van der Waals surface area contributed by atoms with Crippen LogP contribution in [-0.2, 0) is 17.5 Å². The quantitative estimate of drug-likeness (QED) is 0.187. The number of anilines is 1. The summed E-state index contributed by atoms with van der Waals surface area (Å²) in [5.74, 6) is -2.12. The zero-order valence-corrected chi connectivity index (χ0v) is 21.5. The molecule has 3 N–H and O–H groups in total. The second-order valence-corrected chi connectivity index (χ2v) is 9.19. The van der Waals surface area contributed by atoms with E-state index in [0.29, 0.717) is 21.8 Å². The highest BCUT2D eigenvalue weighted by Crippen LogP contribution is 2.33. The number of pyridine rings is 1. The summed E-state index contributed by atoms with van der Waals surface area (Å²) in [6.07, 6.45) is -3.18. The van der Waals surface area contributed by atoms with Crippen LogP contribution < -0.4 is 10.6 Å². The number of carboxylic acids is 1. The van der Waals surface area contributed by atoms with Crippen molar-refractivity contribution in [2.24, 2.45) is 0 Å². The van der Waals surface area contributed by atoms with Crippen molar-refractivity contribution in [2.75, 3.05) is 11.9 Å². The molecule has 4 aromatic rings. The molecule has 0 saturated carbocycles. The summed E-state index contributed by atoms with van der Waals surface area (Å²) < 4.78 is 53.3. The van der Waals surface area contributed by atoms with Crippen molar-refractivity contribution < 1.29 is 32.3 Å². The van der Waals surface area contributed by atoms with E-state index in [9.17, 15) is 27.2 Å². The van der Waals surface area contributed by atoms with E-state index in [0.717, 1.165) is 23.3 Å². The first kappa shape index (κ1) is 28.6. The average Bonchev–Trinajstić information content (AvgIpc) is 2.92. The minimum atomic E-state index is -4.47. The van der Waals surface area contributed by atoms with Crippen molar-refractivity contribution in [2.45, 2.75) is 19.1 Å². The fraction of sp³-hybridized carbons (Fsp3) is 0.138. The molecule has 0 atom stereocenters. The van der Waals surface area contributed by atoms with Crippen LogP contribution in [-0.4, -0.2) is 28.5 Å². The number of rotatable bonds is 9. The molecule has 11 heteroatoms. The first-order valence-corrected chi connectivity index (χ1v) is 12.3. The van der Waals surface area contributed by atoms with Gasteiger partial charge in [-0.1, -0.05) is 35.9 Å². The Morgan fingerprint density at radius 3 is 2.25 bits per heavy atom. The molecule has 0 fully saturated rings. The predicted molar refractivity (Wildman–Crippen MR) is 143 cm³/mol. The normalized spacial score (nSPS) is 11.2. The molecule has 6 nitrogen and oxygen atoms in total. The fourth-order valence-electron chi connectivity index (χ4n) is 3.93. The lowest BCUT2D eigenvalue weighted by Crippen LogP contribution is -2.26. The van der Waals surface area contributed by atoms with Crippen molar-refractivity contribution in [3.8, 4) is 22.3 Å². The summed E-state index contributed by atoms with van der Waals surface area (Å²) in [5.41, 5.74) is 2.47. The number of alkyl halides is 3. The molecule has 0 saturated heterocycles. The Bertz CT molecular complexity index is 1530. The van der Waals surface area contributed by atoms with E-state index in [1.807, 2.05) is 0 Å². The fourth-order valence-corrected chi connectivity index (χ4v) is 4.10. The van der Waals surface area contributed by atoms with Gasteiger partial charge in [0.15, 0.2) is 0 Å². The molecule has 40 heavy (non-hydrogen) atoms. The minimum absolute atomic E-state index is 0.0202. The number of aromatic nitrogens is 1. The van der Waals surface area contributed by atoms with Gasteiger partial charge in [-0.05, 0) is 65.2 Å². The number of hydrogen-bond acceptors (Lipinski definition) is 4. The Hall–Kier alpha value is -4.44. The third-order valence-electron chi connectivity index (χ3n) is 5.98. The van der Waals surface area contributed by atoms with Crippen LogP contribution in [0.2, 0.25) is 5.02 Å². The maximum Gasteiger partial charge on any atom is 0.416 e. The van der Waals surface area contributed by atoms with Gasteiger partial charge < -0.3 is 15.7 Å². The van der Waals surface area contributed by atoms with Gasteiger partial charge in [-0.25, -0.2) is 4.39 Å². The Balaban J connectivity index is 1.47. The molecule has 1 amide bonds. The van der Waals surface area contributed by atoms with Crippen LogP contribution >= 0.6 is 11.6 Å². The number of carboxylic acid groups (broad SMARTS) is 1. The predicted octanol–water partition coefficient (Wildman–Crippen LogP) is 7.04. The van der Waals surface area contributed by atoms with Gasteiger partial charge in [-0.3, -0.25) is 14.6 Å². The molecule has 3 aromatic carbocycles. The van der Waals surface area contributed by atoms with Gasteiger partial charge in [0.25, 0.3) is 5.91 Å². The summed E-state index contributed by atoms with van der Waals surface area (Å²) in [6.45, 7) is 0.261.